The third kappa shape index (κ3) is 2.95. The van der Waals surface area contributed by atoms with Gasteiger partial charge in [0, 0.05) is 0 Å². The first-order valence-corrected chi connectivity index (χ1v) is 6.14. The summed E-state index contributed by atoms with van der Waals surface area (Å²) in [6.07, 6.45) is 0. The van der Waals surface area contributed by atoms with Crippen LogP contribution in [-0.2, 0) is 20.3 Å². The topological polar surface area (TPSA) is 94.3 Å². The van der Waals surface area contributed by atoms with Gasteiger partial charge in [0.2, 0.25) is 20.3 Å². The number of primary sulfonamides is 1. The highest BCUT2D eigenvalue weighted by atomic mass is 32.2. The van der Waals surface area contributed by atoms with Gasteiger partial charge in [-0.05, 0) is 17.7 Å². The van der Waals surface area contributed by atoms with Crippen LogP contribution in [0.5, 0.6) is 0 Å². The van der Waals surface area contributed by atoms with Gasteiger partial charge in [0.25, 0.3) is 0 Å². The molecule has 0 fully saturated rings. The van der Waals surface area contributed by atoms with E-state index in [0.29, 0.717) is 5.56 Å². The minimum Gasteiger partial charge on any atom is -0.225 e. The molecule has 1 aromatic rings. The molecule has 0 saturated carbocycles. The molecule has 0 radical (unpaired) electrons. The fourth-order valence-corrected chi connectivity index (χ4v) is 1.74. The van der Waals surface area contributed by atoms with Crippen molar-refractivity contribution in [2.45, 2.75) is 4.90 Å². The maximum Gasteiger partial charge on any atom is 0.238 e. The Labute approximate surface area is 82.8 Å². The molecule has 5 nitrogen and oxygen atoms in total. The highest BCUT2D eigenvalue weighted by molar-refractivity contribution is 7.89. The number of nitrogens with two attached hydrogens (primary N) is 1. The molecule has 0 aromatic heterocycles. The molecular weight excluding hydrogens is 226 g/mol. The molecule has 0 amide bonds. The van der Waals surface area contributed by atoms with Gasteiger partial charge >= 0.3 is 0 Å². The molecule has 0 aliphatic carbocycles. The molecular formula is C7H7NO4S2. The van der Waals surface area contributed by atoms with Crippen molar-refractivity contribution in [1.29, 1.82) is 0 Å². The molecule has 0 saturated heterocycles. The van der Waals surface area contributed by atoms with E-state index < -0.39 is 20.3 Å². The van der Waals surface area contributed by atoms with Gasteiger partial charge in [0.05, 0.1) is 10.3 Å². The summed E-state index contributed by atoms with van der Waals surface area (Å²) < 4.78 is 42.1. The van der Waals surface area contributed by atoms with E-state index in [1.54, 1.807) is 0 Å². The quantitative estimate of drug-likeness (QED) is 0.688. The van der Waals surface area contributed by atoms with Gasteiger partial charge in [-0.3, -0.25) is 0 Å². The molecule has 76 valence electrons. The van der Waals surface area contributed by atoms with Crippen molar-refractivity contribution < 1.29 is 16.8 Å². The lowest BCUT2D eigenvalue weighted by molar-refractivity contribution is 0.597. The van der Waals surface area contributed by atoms with Crippen molar-refractivity contribution in [3.05, 3.63) is 29.8 Å². The van der Waals surface area contributed by atoms with Crippen molar-refractivity contribution in [1.82, 2.24) is 0 Å². The zero-order valence-electron chi connectivity index (χ0n) is 6.91. The number of sulfonamides is 1. The lowest BCUT2D eigenvalue weighted by Gasteiger charge is -1.96. The van der Waals surface area contributed by atoms with Crippen LogP contribution in [0.4, 0.5) is 0 Å². The normalized spacial score (nSPS) is 10.9. The first-order chi connectivity index (χ1) is 6.39. The molecule has 0 heterocycles. The highest BCUT2D eigenvalue weighted by Gasteiger charge is 2.05. The standard InChI is InChI=1S/C7H7NO4S2/c8-14(11,12)7-3-1-6(2-4-7)5-13(9)10/h1-5H,(H2,8,11,12). The first kappa shape index (κ1) is 10.9. The van der Waals surface area contributed by atoms with Gasteiger partial charge in [0.1, 0.15) is 0 Å². The lowest BCUT2D eigenvalue weighted by atomic mass is 10.2. The molecule has 14 heavy (non-hydrogen) atoms. The smallest absolute Gasteiger partial charge is 0.225 e. The van der Waals surface area contributed by atoms with Gasteiger partial charge in [-0.1, -0.05) is 12.1 Å². The van der Waals surface area contributed by atoms with E-state index in [-0.39, 0.29) is 4.90 Å². The SMILES string of the molecule is NS(=O)(=O)c1ccc(C=S(=O)=O)cc1. The van der Waals surface area contributed by atoms with Gasteiger partial charge in [-0.25, -0.2) is 13.6 Å². The summed E-state index contributed by atoms with van der Waals surface area (Å²) in [4.78, 5) is -0.0497. The predicted molar refractivity (Wildman–Crippen MR) is 51.9 cm³/mol. The summed E-state index contributed by atoms with van der Waals surface area (Å²) >= 11 is 0. The Morgan fingerprint density at radius 1 is 1.14 bits per heavy atom. The minimum absolute atomic E-state index is 0.0497. The Morgan fingerprint density at radius 2 is 1.64 bits per heavy atom. The van der Waals surface area contributed by atoms with E-state index >= 15 is 0 Å². The molecule has 0 unspecified atom stereocenters. The van der Waals surface area contributed by atoms with E-state index in [9.17, 15) is 16.8 Å². The Kier molecular flexibility index (Phi) is 3.04. The summed E-state index contributed by atoms with van der Waals surface area (Å²) in [5, 5.41) is 5.81. The predicted octanol–water partition coefficient (Wildman–Crippen LogP) is -0.637. The summed E-state index contributed by atoms with van der Waals surface area (Å²) in [7, 11) is -6.02. The first-order valence-electron chi connectivity index (χ1n) is 3.45. The molecule has 7 heteroatoms. The Balaban J connectivity index is 3.20. The van der Waals surface area contributed by atoms with Crippen LogP contribution >= 0.6 is 0 Å². The number of benzene rings is 1. The van der Waals surface area contributed by atoms with Crippen LogP contribution in [0.3, 0.4) is 0 Å². The molecule has 0 bridgehead atoms. The van der Waals surface area contributed by atoms with E-state index in [0.717, 1.165) is 5.37 Å². The van der Waals surface area contributed by atoms with Crippen LogP contribution in [0.15, 0.2) is 29.2 Å². The Bertz CT molecular complexity index is 546. The summed E-state index contributed by atoms with van der Waals surface area (Å²) in [6, 6.07) is 5.20. The average molecular weight is 233 g/mol. The largest absolute Gasteiger partial charge is 0.238 e. The molecule has 2 N–H and O–H groups in total. The fraction of sp³-hybridized carbons (Fsp3) is 0. The molecule has 0 atom stereocenters. The van der Waals surface area contributed by atoms with Crippen molar-refractivity contribution >= 4 is 25.7 Å². The molecule has 1 aromatic carbocycles. The van der Waals surface area contributed by atoms with Crippen LogP contribution in [0.25, 0.3) is 0 Å². The second kappa shape index (κ2) is 3.91. The van der Waals surface area contributed by atoms with Crippen molar-refractivity contribution in [3.8, 4) is 0 Å². The van der Waals surface area contributed by atoms with E-state index in [1.807, 2.05) is 0 Å². The van der Waals surface area contributed by atoms with Crippen molar-refractivity contribution in [2.75, 3.05) is 0 Å². The molecule has 0 aliphatic heterocycles. The zero-order chi connectivity index (χ0) is 10.8. The average Bonchev–Trinajstić information content (AvgIpc) is 2.02. The molecule has 0 spiro atoms. The van der Waals surface area contributed by atoms with E-state index in [2.05, 4.69) is 0 Å². The Hall–Kier alpha value is -1.18. The maximum atomic E-state index is 10.8. The third-order valence-corrected chi connectivity index (χ3v) is 2.83. The van der Waals surface area contributed by atoms with Gasteiger partial charge < -0.3 is 0 Å². The van der Waals surface area contributed by atoms with E-state index in [1.165, 1.54) is 24.3 Å². The van der Waals surface area contributed by atoms with Crippen LogP contribution in [0.1, 0.15) is 5.56 Å². The van der Waals surface area contributed by atoms with Crippen molar-refractivity contribution in [3.63, 3.8) is 0 Å². The minimum atomic E-state index is -3.72. The van der Waals surface area contributed by atoms with Crippen molar-refractivity contribution in [2.24, 2.45) is 5.14 Å². The highest BCUT2D eigenvalue weighted by Crippen LogP contribution is 2.06. The monoisotopic (exact) mass is 233 g/mol. The second-order valence-corrected chi connectivity index (χ2v) is 4.81. The maximum absolute atomic E-state index is 10.8. The summed E-state index contributed by atoms with van der Waals surface area (Å²) in [5.41, 5.74) is 0.394. The zero-order valence-corrected chi connectivity index (χ0v) is 8.55. The van der Waals surface area contributed by atoms with Crippen LogP contribution in [-0.4, -0.2) is 22.2 Å². The van der Waals surface area contributed by atoms with Gasteiger partial charge in [-0.15, -0.1) is 0 Å². The van der Waals surface area contributed by atoms with Crippen LogP contribution in [0.2, 0.25) is 0 Å². The number of hydrogen-bond donors (Lipinski definition) is 1. The third-order valence-electron chi connectivity index (χ3n) is 1.44. The Morgan fingerprint density at radius 3 is 2.00 bits per heavy atom. The molecule has 0 aliphatic rings. The van der Waals surface area contributed by atoms with Crippen LogP contribution in [0, 0.1) is 0 Å². The van der Waals surface area contributed by atoms with E-state index in [4.69, 9.17) is 5.14 Å². The number of hydrogen-bond acceptors (Lipinski definition) is 4. The number of rotatable bonds is 2. The summed E-state index contributed by atoms with van der Waals surface area (Å²) in [5.74, 6) is 0. The van der Waals surface area contributed by atoms with Crippen LogP contribution < -0.4 is 5.14 Å². The second-order valence-electron chi connectivity index (χ2n) is 2.49. The molecule has 1 rings (SSSR count). The van der Waals surface area contributed by atoms with Gasteiger partial charge in [0.15, 0.2) is 0 Å². The lowest BCUT2D eigenvalue weighted by Crippen LogP contribution is -2.11. The summed E-state index contributed by atoms with van der Waals surface area (Å²) in [6.45, 7) is 0. The van der Waals surface area contributed by atoms with Gasteiger partial charge in [-0.2, -0.15) is 8.42 Å². The fourth-order valence-electron chi connectivity index (χ4n) is 0.847.